The van der Waals surface area contributed by atoms with Crippen LogP contribution in [-0.2, 0) is 4.79 Å². The van der Waals surface area contributed by atoms with Crippen LogP contribution in [0.25, 0.3) is 0 Å². The van der Waals surface area contributed by atoms with Crippen LogP contribution < -0.4 is 5.43 Å². The van der Waals surface area contributed by atoms with Gasteiger partial charge in [0.15, 0.2) is 0 Å². The lowest BCUT2D eigenvalue weighted by Gasteiger charge is -2.09. The van der Waals surface area contributed by atoms with Crippen molar-refractivity contribution in [3.63, 3.8) is 0 Å². The molecule has 0 aromatic heterocycles. The molecule has 0 heterocycles. The summed E-state index contributed by atoms with van der Waals surface area (Å²) in [5.74, 6) is 0.815. The summed E-state index contributed by atoms with van der Waals surface area (Å²) < 4.78 is 0. The molecule has 0 aliphatic heterocycles. The highest BCUT2D eigenvalue weighted by Gasteiger charge is 2.38. The number of hydrogen-bond acceptors (Lipinski definition) is 2. The maximum Gasteiger partial charge on any atom is 0.243 e. The summed E-state index contributed by atoms with van der Waals surface area (Å²) in [6.45, 7) is 8.21. The van der Waals surface area contributed by atoms with Gasteiger partial charge in [0.25, 0.3) is 0 Å². The van der Waals surface area contributed by atoms with E-state index in [9.17, 15) is 4.79 Å². The first kappa shape index (κ1) is 10.2. The van der Waals surface area contributed by atoms with Crippen LogP contribution in [0.3, 0.4) is 0 Å². The van der Waals surface area contributed by atoms with E-state index in [1.807, 2.05) is 20.8 Å². The Morgan fingerprint density at radius 3 is 2.46 bits per heavy atom. The molecule has 3 heteroatoms. The SMILES string of the molecule is CC1CC1C(=O)N/N=C/C(C)(C)C. The normalized spacial score (nSPS) is 27.7. The molecule has 0 spiro atoms. The molecule has 2 unspecified atom stereocenters. The molecule has 13 heavy (non-hydrogen) atoms. The van der Waals surface area contributed by atoms with Crippen LogP contribution in [0, 0.1) is 17.3 Å². The number of nitrogens with zero attached hydrogens (tertiary/aromatic N) is 1. The molecule has 2 atom stereocenters. The minimum atomic E-state index is 0.0302. The minimum absolute atomic E-state index is 0.0302. The number of amides is 1. The Bertz CT molecular complexity index is 228. The van der Waals surface area contributed by atoms with Gasteiger partial charge in [0.2, 0.25) is 5.91 Å². The van der Waals surface area contributed by atoms with Crippen molar-refractivity contribution in [3.05, 3.63) is 0 Å². The fourth-order valence-electron chi connectivity index (χ4n) is 1.06. The van der Waals surface area contributed by atoms with E-state index in [0.29, 0.717) is 5.92 Å². The summed E-state index contributed by atoms with van der Waals surface area (Å²) in [6.07, 6.45) is 2.77. The second-order valence-corrected chi connectivity index (χ2v) is 4.92. The minimum Gasteiger partial charge on any atom is -0.273 e. The monoisotopic (exact) mass is 182 g/mol. The van der Waals surface area contributed by atoms with E-state index in [0.717, 1.165) is 6.42 Å². The molecular formula is C10H18N2O. The van der Waals surface area contributed by atoms with Crippen LogP contribution >= 0.6 is 0 Å². The van der Waals surface area contributed by atoms with E-state index in [4.69, 9.17) is 0 Å². The van der Waals surface area contributed by atoms with Gasteiger partial charge >= 0.3 is 0 Å². The maximum atomic E-state index is 11.3. The second kappa shape index (κ2) is 3.48. The zero-order valence-electron chi connectivity index (χ0n) is 8.79. The molecule has 0 bridgehead atoms. The van der Waals surface area contributed by atoms with Gasteiger partial charge < -0.3 is 0 Å². The van der Waals surface area contributed by atoms with Crippen LogP contribution in [0.1, 0.15) is 34.1 Å². The van der Waals surface area contributed by atoms with Crippen LogP contribution in [0.4, 0.5) is 0 Å². The van der Waals surface area contributed by atoms with Gasteiger partial charge in [-0.1, -0.05) is 27.7 Å². The fraction of sp³-hybridized carbons (Fsp3) is 0.800. The Morgan fingerprint density at radius 1 is 1.54 bits per heavy atom. The molecule has 1 amide bonds. The fourth-order valence-corrected chi connectivity index (χ4v) is 1.06. The molecule has 1 fully saturated rings. The largest absolute Gasteiger partial charge is 0.273 e. The average Bonchev–Trinajstić information content (AvgIpc) is 2.63. The Hall–Kier alpha value is -0.860. The summed E-state index contributed by atoms with van der Waals surface area (Å²) in [6, 6.07) is 0. The smallest absolute Gasteiger partial charge is 0.243 e. The Balaban J connectivity index is 2.27. The quantitative estimate of drug-likeness (QED) is 0.513. The number of carbonyl (C=O) groups is 1. The molecule has 1 aliphatic carbocycles. The van der Waals surface area contributed by atoms with Gasteiger partial charge in [0, 0.05) is 12.1 Å². The lowest BCUT2D eigenvalue weighted by Crippen LogP contribution is -2.21. The van der Waals surface area contributed by atoms with Gasteiger partial charge in [-0.05, 0) is 17.8 Å². The van der Waals surface area contributed by atoms with Crippen molar-refractivity contribution in [2.24, 2.45) is 22.4 Å². The third kappa shape index (κ3) is 3.57. The Labute approximate surface area is 79.6 Å². The Kier molecular flexibility index (Phi) is 2.74. The Morgan fingerprint density at radius 2 is 2.08 bits per heavy atom. The van der Waals surface area contributed by atoms with Crippen molar-refractivity contribution in [1.82, 2.24) is 5.43 Å². The molecule has 0 saturated heterocycles. The highest BCUT2D eigenvalue weighted by atomic mass is 16.2. The third-order valence-electron chi connectivity index (χ3n) is 2.07. The highest BCUT2D eigenvalue weighted by molar-refractivity contribution is 5.82. The average molecular weight is 182 g/mol. The summed E-state index contributed by atoms with van der Waals surface area (Å²) in [7, 11) is 0. The molecule has 1 saturated carbocycles. The first-order valence-corrected chi connectivity index (χ1v) is 4.74. The van der Waals surface area contributed by atoms with Gasteiger partial charge in [-0.2, -0.15) is 5.10 Å². The number of hydrogen-bond donors (Lipinski definition) is 1. The first-order chi connectivity index (χ1) is 5.90. The first-order valence-electron chi connectivity index (χ1n) is 4.74. The summed E-state index contributed by atoms with van der Waals surface area (Å²) in [4.78, 5) is 11.3. The van der Waals surface area contributed by atoms with E-state index < -0.39 is 0 Å². The van der Waals surface area contributed by atoms with Gasteiger partial charge in [0.1, 0.15) is 0 Å². The molecule has 1 aliphatic rings. The summed E-state index contributed by atoms with van der Waals surface area (Å²) >= 11 is 0. The predicted molar refractivity (Wildman–Crippen MR) is 53.4 cm³/mol. The van der Waals surface area contributed by atoms with Gasteiger partial charge in [0.05, 0.1) is 0 Å². The topological polar surface area (TPSA) is 41.5 Å². The van der Waals surface area contributed by atoms with E-state index in [-0.39, 0.29) is 17.2 Å². The molecule has 0 radical (unpaired) electrons. The highest BCUT2D eigenvalue weighted by Crippen LogP contribution is 2.37. The van der Waals surface area contributed by atoms with E-state index >= 15 is 0 Å². The van der Waals surface area contributed by atoms with Crippen molar-refractivity contribution in [1.29, 1.82) is 0 Å². The van der Waals surface area contributed by atoms with Gasteiger partial charge in [-0.3, -0.25) is 4.79 Å². The summed E-state index contributed by atoms with van der Waals surface area (Å²) in [5.41, 5.74) is 2.59. The van der Waals surface area contributed by atoms with E-state index in [1.165, 1.54) is 0 Å². The molecular weight excluding hydrogens is 164 g/mol. The zero-order valence-corrected chi connectivity index (χ0v) is 8.79. The lowest BCUT2D eigenvalue weighted by molar-refractivity contribution is -0.122. The van der Waals surface area contributed by atoms with Crippen molar-refractivity contribution >= 4 is 12.1 Å². The predicted octanol–water partition coefficient (Wildman–Crippen LogP) is 1.79. The molecule has 74 valence electrons. The van der Waals surface area contributed by atoms with Crippen LogP contribution in [0.2, 0.25) is 0 Å². The van der Waals surface area contributed by atoms with Crippen molar-refractivity contribution in [3.8, 4) is 0 Å². The van der Waals surface area contributed by atoms with E-state index in [2.05, 4.69) is 17.5 Å². The number of carbonyl (C=O) groups excluding carboxylic acids is 1. The van der Waals surface area contributed by atoms with Gasteiger partial charge in [-0.25, -0.2) is 5.43 Å². The van der Waals surface area contributed by atoms with Crippen molar-refractivity contribution in [2.45, 2.75) is 34.1 Å². The molecule has 1 N–H and O–H groups in total. The van der Waals surface area contributed by atoms with Gasteiger partial charge in [-0.15, -0.1) is 0 Å². The number of rotatable bonds is 2. The van der Waals surface area contributed by atoms with Crippen LogP contribution in [0.15, 0.2) is 5.10 Å². The van der Waals surface area contributed by atoms with Crippen molar-refractivity contribution < 1.29 is 4.79 Å². The van der Waals surface area contributed by atoms with E-state index in [1.54, 1.807) is 6.21 Å². The molecule has 0 aromatic rings. The molecule has 1 rings (SSSR count). The number of hydrazone groups is 1. The standard InChI is InChI=1S/C10H18N2O/c1-7-5-8(7)9(13)12-11-6-10(2,3)4/h6-8H,5H2,1-4H3,(H,12,13)/b11-6+. The second-order valence-electron chi connectivity index (χ2n) is 4.92. The van der Waals surface area contributed by atoms with Crippen molar-refractivity contribution in [2.75, 3.05) is 0 Å². The van der Waals surface area contributed by atoms with Crippen LogP contribution in [0.5, 0.6) is 0 Å². The zero-order chi connectivity index (χ0) is 10.1. The molecule has 0 aromatic carbocycles. The summed E-state index contributed by atoms with van der Waals surface area (Å²) in [5, 5.41) is 3.91. The number of nitrogens with one attached hydrogen (secondary N) is 1. The molecule has 3 nitrogen and oxygen atoms in total. The van der Waals surface area contributed by atoms with Crippen LogP contribution in [-0.4, -0.2) is 12.1 Å². The lowest BCUT2D eigenvalue weighted by atomic mass is 9.99. The maximum absolute atomic E-state index is 11.3. The third-order valence-corrected chi connectivity index (χ3v) is 2.07.